The Hall–Kier alpha value is -3.67. The van der Waals surface area contributed by atoms with Crippen LogP contribution in [-0.2, 0) is 14.3 Å². The topological polar surface area (TPSA) is 64.6 Å². The van der Waals surface area contributed by atoms with Crippen molar-refractivity contribution in [3.05, 3.63) is 84.7 Å². The molecule has 0 heterocycles. The van der Waals surface area contributed by atoms with Crippen LogP contribution in [0, 0.1) is 5.82 Å². The summed E-state index contributed by atoms with van der Waals surface area (Å²) in [6.45, 7) is 1.10. The average Bonchev–Trinajstić information content (AvgIpc) is 2.74. The van der Waals surface area contributed by atoms with Gasteiger partial charge in [-0.3, -0.25) is 4.79 Å². The minimum absolute atomic E-state index is 0.331. The molecule has 1 N–H and O–H groups in total. The Morgan fingerprint density at radius 3 is 2.31 bits per heavy atom. The molecule has 0 unspecified atom stereocenters. The number of para-hydroxylation sites is 1. The molecule has 0 fully saturated rings. The van der Waals surface area contributed by atoms with Crippen LogP contribution in [0.4, 0.5) is 10.1 Å². The van der Waals surface area contributed by atoms with E-state index in [0.717, 1.165) is 11.1 Å². The van der Waals surface area contributed by atoms with Crippen LogP contribution >= 0.6 is 0 Å². The van der Waals surface area contributed by atoms with Crippen molar-refractivity contribution in [3.63, 3.8) is 0 Å². The summed E-state index contributed by atoms with van der Waals surface area (Å²) in [5.41, 5.74) is 2.44. The van der Waals surface area contributed by atoms with Crippen molar-refractivity contribution in [1.82, 2.24) is 0 Å². The van der Waals surface area contributed by atoms with E-state index in [0.29, 0.717) is 11.4 Å². The quantitative estimate of drug-likeness (QED) is 0.603. The Bertz CT molecular complexity index is 974. The first-order valence-corrected chi connectivity index (χ1v) is 9.06. The number of rotatable bonds is 7. The number of benzene rings is 3. The zero-order chi connectivity index (χ0) is 20.6. The van der Waals surface area contributed by atoms with Gasteiger partial charge in [0.1, 0.15) is 11.6 Å². The highest BCUT2D eigenvalue weighted by atomic mass is 19.1. The van der Waals surface area contributed by atoms with Crippen molar-refractivity contribution < 1.29 is 23.5 Å². The monoisotopic (exact) mass is 393 g/mol. The SMILES string of the molecule is C[C@@H](OC(=O)COc1ccc(F)cc1)C(=O)Nc1ccccc1-c1ccccc1. The molecule has 0 spiro atoms. The van der Waals surface area contributed by atoms with Crippen LogP contribution < -0.4 is 10.1 Å². The molecule has 5 nitrogen and oxygen atoms in total. The number of carbonyl (C=O) groups excluding carboxylic acids is 2. The molecule has 29 heavy (non-hydrogen) atoms. The maximum absolute atomic E-state index is 12.9. The number of esters is 1. The van der Waals surface area contributed by atoms with Crippen LogP contribution in [-0.4, -0.2) is 24.6 Å². The Kier molecular flexibility index (Phi) is 6.58. The zero-order valence-electron chi connectivity index (χ0n) is 15.8. The van der Waals surface area contributed by atoms with Gasteiger partial charge in [-0.15, -0.1) is 0 Å². The molecule has 0 saturated carbocycles. The maximum Gasteiger partial charge on any atom is 0.344 e. The summed E-state index contributed by atoms with van der Waals surface area (Å²) in [6, 6.07) is 22.3. The molecule has 0 saturated heterocycles. The van der Waals surface area contributed by atoms with E-state index in [1.54, 1.807) is 6.07 Å². The predicted octanol–water partition coefficient (Wildman–Crippen LogP) is 4.44. The minimum Gasteiger partial charge on any atom is -0.482 e. The summed E-state index contributed by atoms with van der Waals surface area (Å²) in [5.74, 6) is -1.23. The standard InChI is InChI=1S/C23H20FNO4/c1-16(29-22(26)15-28-19-13-11-18(24)12-14-19)23(27)25-21-10-6-5-9-20(21)17-7-3-2-4-8-17/h2-14,16H,15H2,1H3,(H,25,27)/t16-/m1/s1. The first-order valence-electron chi connectivity index (χ1n) is 9.06. The van der Waals surface area contributed by atoms with Gasteiger partial charge in [0.05, 0.1) is 0 Å². The molecular weight excluding hydrogens is 373 g/mol. The summed E-state index contributed by atoms with van der Waals surface area (Å²) >= 11 is 0. The van der Waals surface area contributed by atoms with E-state index in [2.05, 4.69) is 5.32 Å². The van der Waals surface area contributed by atoms with Gasteiger partial charge in [-0.1, -0.05) is 48.5 Å². The fraction of sp³-hybridized carbons (Fsp3) is 0.130. The van der Waals surface area contributed by atoms with Crippen molar-refractivity contribution >= 4 is 17.6 Å². The maximum atomic E-state index is 12.9. The van der Waals surface area contributed by atoms with E-state index in [9.17, 15) is 14.0 Å². The summed E-state index contributed by atoms with van der Waals surface area (Å²) < 4.78 is 23.2. The van der Waals surface area contributed by atoms with Gasteiger partial charge in [0.25, 0.3) is 5.91 Å². The molecule has 1 atom stereocenters. The molecule has 0 aromatic heterocycles. The summed E-state index contributed by atoms with van der Waals surface area (Å²) in [6.07, 6.45) is -1.01. The van der Waals surface area contributed by atoms with Crippen LogP contribution in [0.5, 0.6) is 5.75 Å². The van der Waals surface area contributed by atoms with Crippen LogP contribution in [0.2, 0.25) is 0 Å². The van der Waals surface area contributed by atoms with E-state index in [1.165, 1.54) is 31.2 Å². The number of nitrogens with one attached hydrogen (secondary N) is 1. The van der Waals surface area contributed by atoms with E-state index in [-0.39, 0.29) is 6.61 Å². The van der Waals surface area contributed by atoms with Gasteiger partial charge in [0.2, 0.25) is 0 Å². The average molecular weight is 393 g/mol. The molecule has 3 rings (SSSR count). The van der Waals surface area contributed by atoms with Gasteiger partial charge in [0, 0.05) is 11.3 Å². The van der Waals surface area contributed by atoms with Gasteiger partial charge < -0.3 is 14.8 Å². The van der Waals surface area contributed by atoms with Gasteiger partial charge in [-0.25, -0.2) is 9.18 Å². The lowest BCUT2D eigenvalue weighted by atomic mass is 10.0. The molecule has 0 aliphatic heterocycles. The van der Waals surface area contributed by atoms with E-state index in [4.69, 9.17) is 9.47 Å². The first-order chi connectivity index (χ1) is 14.0. The Labute approximate surface area is 168 Å². The highest BCUT2D eigenvalue weighted by Gasteiger charge is 2.19. The third kappa shape index (κ3) is 5.65. The third-order valence-corrected chi connectivity index (χ3v) is 4.12. The molecule has 0 aliphatic carbocycles. The molecule has 148 valence electrons. The number of amides is 1. The number of ether oxygens (including phenoxy) is 2. The van der Waals surface area contributed by atoms with Crippen molar-refractivity contribution in [1.29, 1.82) is 0 Å². The molecular formula is C23H20FNO4. The number of halogens is 1. The highest BCUT2D eigenvalue weighted by Crippen LogP contribution is 2.27. The molecule has 1 amide bonds. The van der Waals surface area contributed by atoms with Gasteiger partial charge in [0.15, 0.2) is 12.7 Å². The van der Waals surface area contributed by atoms with Gasteiger partial charge in [-0.2, -0.15) is 0 Å². The summed E-state index contributed by atoms with van der Waals surface area (Å²) in [7, 11) is 0. The minimum atomic E-state index is -1.01. The van der Waals surface area contributed by atoms with Crippen molar-refractivity contribution in [2.45, 2.75) is 13.0 Å². The van der Waals surface area contributed by atoms with E-state index >= 15 is 0 Å². The lowest BCUT2D eigenvalue weighted by Gasteiger charge is -2.16. The Balaban J connectivity index is 1.57. The summed E-state index contributed by atoms with van der Waals surface area (Å²) in [4.78, 5) is 24.4. The largest absolute Gasteiger partial charge is 0.482 e. The number of anilines is 1. The Morgan fingerprint density at radius 1 is 0.931 bits per heavy atom. The normalized spacial score (nSPS) is 11.4. The number of carbonyl (C=O) groups is 2. The fourth-order valence-corrected chi connectivity index (χ4v) is 2.65. The van der Waals surface area contributed by atoms with Crippen LogP contribution in [0.3, 0.4) is 0 Å². The highest BCUT2D eigenvalue weighted by molar-refractivity contribution is 5.98. The number of hydrogen-bond acceptors (Lipinski definition) is 4. The second-order valence-corrected chi connectivity index (χ2v) is 6.28. The third-order valence-electron chi connectivity index (χ3n) is 4.12. The molecule has 6 heteroatoms. The van der Waals surface area contributed by atoms with Crippen LogP contribution in [0.15, 0.2) is 78.9 Å². The van der Waals surface area contributed by atoms with Crippen molar-refractivity contribution in [2.75, 3.05) is 11.9 Å². The lowest BCUT2D eigenvalue weighted by molar-refractivity contribution is -0.155. The second-order valence-electron chi connectivity index (χ2n) is 6.28. The van der Waals surface area contributed by atoms with Crippen molar-refractivity contribution in [3.8, 4) is 16.9 Å². The van der Waals surface area contributed by atoms with Crippen molar-refractivity contribution in [2.24, 2.45) is 0 Å². The molecule has 0 aliphatic rings. The molecule has 0 radical (unpaired) electrons. The van der Waals surface area contributed by atoms with Gasteiger partial charge in [-0.05, 0) is 42.8 Å². The predicted molar refractivity (Wildman–Crippen MR) is 108 cm³/mol. The lowest BCUT2D eigenvalue weighted by Crippen LogP contribution is -2.31. The summed E-state index contributed by atoms with van der Waals surface area (Å²) in [5, 5.41) is 2.80. The molecule has 0 bridgehead atoms. The van der Waals surface area contributed by atoms with Crippen LogP contribution in [0.1, 0.15) is 6.92 Å². The second kappa shape index (κ2) is 9.50. The molecule has 3 aromatic carbocycles. The Morgan fingerprint density at radius 2 is 1.59 bits per heavy atom. The first kappa shape index (κ1) is 20.1. The van der Waals surface area contributed by atoms with E-state index < -0.39 is 23.8 Å². The fourth-order valence-electron chi connectivity index (χ4n) is 2.65. The van der Waals surface area contributed by atoms with Crippen LogP contribution in [0.25, 0.3) is 11.1 Å². The zero-order valence-corrected chi connectivity index (χ0v) is 15.8. The number of hydrogen-bond donors (Lipinski definition) is 1. The molecule has 3 aromatic rings. The van der Waals surface area contributed by atoms with E-state index in [1.807, 2.05) is 48.5 Å². The van der Waals surface area contributed by atoms with Gasteiger partial charge >= 0.3 is 5.97 Å². The smallest absolute Gasteiger partial charge is 0.344 e.